The molecule has 1 atom stereocenters. The molecule has 1 amide bonds. The van der Waals surface area contributed by atoms with E-state index in [2.05, 4.69) is 10.2 Å². The van der Waals surface area contributed by atoms with E-state index >= 15 is 0 Å². The molecule has 2 aromatic heterocycles. The van der Waals surface area contributed by atoms with Gasteiger partial charge < -0.3 is 4.42 Å². The van der Waals surface area contributed by atoms with Crippen molar-refractivity contribution in [2.75, 3.05) is 4.90 Å². The number of carbonyl (C=O) groups excluding carboxylic acids is 1. The molecule has 0 aliphatic carbocycles. The van der Waals surface area contributed by atoms with Gasteiger partial charge in [-0.05, 0) is 41.8 Å². The normalized spacial score (nSPS) is 15.7. The molecule has 162 valence electrons. The molecule has 1 aliphatic heterocycles. The van der Waals surface area contributed by atoms with E-state index in [1.807, 2.05) is 13.8 Å². The fourth-order valence-electron chi connectivity index (χ4n) is 3.88. The van der Waals surface area contributed by atoms with Gasteiger partial charge in [-0.15, -0.1) is 10.2 Å². The molecule has 0 fully saturated rings. The molecule has 0 spiro atoms. The number of hydrogen-bond acceptors (Lipinski definition) is 6. The number of anilines is 1. The fraction of sp³-hybridized carbons (Fsp3) is 0.217. The number of rotatable bonds is 4. The van der Waals surface area contributed by atoms with Gasteiger partial charge in [0.2, 0.25) is 10.9 Å². The molecule has 0 N–H and O–H groups in total. The maximum Gasteiger partial charge on any atom is 0.297 e. The van der Waals surface area contributed by atoms with Crippen LogP contribution in [0.15, 0.2) is 51.7 Å². The Morgan fingerprint density at radius 2 is 1.78 bits per heavy atom. The summed E-state index contributed by atoms with van der Waals surface area (Å²) in [6.45, 7) is 4.10. The first-order valence-electron chi connectivity index (χ1n) is 10.0. The van der Waals surface area contributed by atoms with E-state index < -0.39 is 29.0 Å². The van der Waals surface area contributed by atoms with Gasteiger partial charge in [-0.3, -0.25) is 14.5 Å². The fourth-order valence-corrected chi connectivity index (χ4v) is 4.95. The lowest BCUT2D eigenvalue weighted by Gasteiger charge is -2.22. The predicted octanol–water partition coefficient (Wildman–Crippen LogP) is 4.87. The van der Waals surface area contributed by atoms with Crippen LogP contribution in [0.3, 0.4) is 0 Å². The Morgan fingerprint density at radius 1 is 1.06 bits per heavy atom. The van der Waals surface area contributed by atoms with E-state index in [0.29, 0.717) is 23.0 Å². The number of nitrogens with zero attached hydrogens (tertiary/aromatic N) is 3. The zero-order chi connectivity index (χ0) is 22.6. The molecule has 6 nitrogen and oxygen atoms in total. The average Bonchev–Trinajstić information content (AvgIpc) is 3.31. The first kappa shape index (κ1) is 20.4. The van der Waals surface area contributed by atoms with Crippen LogP contribution in [0.4, 0.5) is 13.9 Å². The molecule has 1 aliphatic rings. The molecule has 0 bridgehead atoms. The molecule has 0 unspecified atom stereocenters. The Morgan fingerprint density at radius 3 is 2.50 bits per heavy atom. The van der Waals surface area contributed by atoms with Crippen LogP contribution in [0.25, 0.3) is 11.0 Å². The van der Waals surface area contributed by atoms with E-state index in [0.717, 1.165) is 17.1 Å². The van der Waals surface area contributed by atoms with Gasteiger partial charge in [-0.2, -0.15) is 0 Å². The summed E-state index contributed by atoms with van der Waals surface area (Å²) < 4.78 is 33.2. The van der Waals surface area contributed by atoms with E-state index in [1.54, 1.807) is 0 Å². The number of hydrogen-bond donors (Lipinski definition) is 0. The highest BCUT2D eigenvalue weighted by atomic mass is 32.1. The van der Waals surface area contributed by atoms with Crippen molar-refractivity contribution in [1.82, 2.24) is 10.2 Å². The maximum absolute atomic E-state index is 13.8. The SMILES string of the molecule is CC(C)Cc1nnc(N2C(=O)c3oc4ccc(F)cc4c(=O)c3[C@@H]2c2ccc(F)cc2)s1. The van der Waals surface area contributed by atoms with Crippen molar-refractivity contribution in [3.8, 4) is 0 Å². The quantitative estimate of drug-likeness (QED) is 0.441. The zero-order valence-corrected chi connectivity index (χ0v) is 18.0. The minimum absolute atomic E-state index is 0.0308. The second-order valence-electron chi connectivity index (χ2n) is 8.02. The number of fused-ring (bicyclic) bond motifs is 2. The standard InChI is InChI=1S/C23H17F2N3O3S/c1-11(2)9-17-26-27-23(32-17)28-19(12-3-5-13(24)6-4-12)18-20(29)15-10-14(25)7-8-16(15)31-21(18)22(28)30/h3-8,10-11,19H,9H2,1-2H3/t19-/m0/s1. The molecule has 4 aromatic rings. The molecule has 32 heavy (non-hydrogen) atoms. The van der Waals surface area contributed by atoms with Crippen LogP contribution in [0.1, 0.15) is 46.6 Å². The van der Waals surface area contributed by atoms with E-state index in [1.165, 1.54) is 46.6 Å². The van der Waals surface area contributed by atoms with Crippen molar-refractivity contribution in [1.29, 1.82) is 0 Å². The molecular formula is C23H17F2N3O3S. The third-order valence-electron chi connectivity index (χ3n) is 5.26. The van der Waals surface area contributed by atoms with Gasteiger partial charge >= 0.3 is 0 Å². The Labute approximate surface area is 185 Å². The Balaban J connectivity index is 1.74. The second kappa shape index (κ2) is 7.59. The molecule has 3 heterocycles. The number of aromatic nitrogens is 2. The van der Waals surface area contributed by atoms with E-state index in [-0.39, 0.29) is 22.3 Å². The van der Waals surface area contributed by atoms with Crippen LogP contribution in [-0.4, -0.2) is 16.1 Å². The third-order valence-corrected chi connectivity index (χ3v) is 6.21. The molecule has 0 saturated carbocycles. The van der Waals surface area contributed by atoms with Gasteiger partial charge in [0, 0.05) is 6.42 Å². The van der Waals surface area contributed by atoms with Gasteiger partial charge in [0.15, 0.2) is 5.43 Å². The van der Waals surface area contributed by atoms with E-state index in [9.17, 15) is 18.4 Å². The van der Waals surface area contributed by atoms with Gasteiger partial charge in [0.05, 0.1) is 17.0 Å². The summed E-state index contributed by atoms with van der Waals surface area (Å²) in [5.74, 6) is -1.38. The summed E-state index contributed by atoms with van der Waals surface area (Å²) in [5, 5.41) is 9.46. The molecule has 9 heteroatoms. The average molecular weight is 453 g/mol. The Kier molecular flexibility index (Phi) is 4.85. The Hall–Kier alpha value is -3.46. The molecule has 0 radical (unpaired) electrons. The van der Waals surface area contributed by atoms with E-state index in [4.69, 9.17) is 4.42 Å². The highest BCUT2D eigenvalue weighted by molar-refractivity contribution is 7.15. The monoisotopic (exact) mass is 453 g/mol. The van der Waals surface area contributed by atoms with Crippen molar-refractivity contribution in [2.24, 2.45) is 5.92 Å². The zero-order valence-electron chi connectivity index (χ0n) is 17.1. The van der Waals surface area contributed by atoms with Crippen LogP contribution < -0.4 is 10.3 Å². The summed E-state index contributed by atoms with van der Waals surface area (Å²) in [5.41, 5.74) is 0.168. The first-order chi connectivity index (χ1) is 15.3. The number of carbonyl (C=O) groups is 1. The highest BCUT2D eigenvalue weighted by Crippen LogP contribution is 2.42. The van der Waals surface area contributed by atoms with Crippen molar-refractivity contribution in [2.45, 2.75) is 26.3 Å². The summed E-state index contributed by atoms with van der Waals surface area (Å²) >= 11 is 1.25. The summed E-state index contributed by atoms with van der Waals surface area (Å²) in [6.07, 6.45) is 0.689. The van der Waals surface area contributed by atoms with Gasteiger partial charge in [0.25, 0.3) is 5.91 Å². The summed E-state index contributed by atoms with van der Waals surface area (Å²) in [7, 11) is 0. The van der Waals surface area contributed by atoms with Crippen molar-refractivity contribution < 1.29 is 18.0 Å². The van der Waals surface area contributed by atoms with Gasteiger partial charge in [-0.1, -0.05) is 37.3 Å². The molecule has 0 saturated heterocycles. The Bertz CT molecular complexity index is 1410. The summed E-state index contributed by atoms with van der Waals surface area (Å²) in [6, 6.07) is 8.17. The van der Waals surface area contributed by atoms with Crippen LogP contribution in [0.2, 0.25) is 0 Å². The van der Waals surface area contributed by atoms with Gasteiger partial charge in [0.1, 0.15) is 22.2 Å². The minimum Gasteiger partial charge on any atom is -0.450 e. The van der Waals surface area contributed by atoms with Crippen molar-refractivity contribution >= 4 is 33.3 Å². The second-order valence-corrected chi connectivity index (χ2v) is 9.06. The molecule has 5 rings (SSSR count). The topological polar surface area (TPSA) is 76.3 Å². The molecular weight excluding hydrogens is 436 g/mol. The number of amides is 1. The predicted molar refractivity (Wildman–Crippen MR) is 116 cm³/mol. The van der Waals surface area contributed by atoms with Crippen LogP contribution >= 0.6 is 11.3 Å². The lowest BCUT2D eigenvalue weighted by atomic mass is 9.98. The maximum atomic E-state index is 13.8. The minimum atomic E-state index is -0.901. The largest absolute Gasteiger partial charge is 0.450 e. The van der Waals surface area contributed by atoms with Crippen LogP contribution in [0.5, 0.6) is 0 Å². The molecule has 2 aromatic carbocycles. The highest BCUT2D eigenvalue weighted by Gasteiger charge is 2.45. The van der Waals surface area contributed by atoms with Crippen molar-refractivity contribution in [3.05, 3.63) is 86.2 Å². The first-order valence-corrected chi connectivity index (χ1v) is 10.8. The third kappa shape index (κ3) is 3.29. The lowest BCUT2D eigenvalue weighted by Crippen LogP contribution is -2.29. The van der Waals surface area contributed by atoms with Crippen LogP contribution in [0, 0.1) is 17.6 Å². The smallest absolute Gasteiger partial charge is 0.297 e. The lowest BCUT2D eigenvalue weighted by molar-refractivity contribution is 0.0970. The number of benzene rings is 2. The number of halogens is 2. The summed E-state index contributed by atoms with van der Waals surface area (Å²) in [4.78, 5) is 28.2. The van der Waals surface area contributed by atoms with Crippen molar-refractivity contribution in [3.63, 3.8) is 0 Å². The van der Waals surface area contributed by atoms with Crippen LogP contribution in [-0.2, 0) is 6.42 Å². The van der Waals surface area contributed by atoms with Gasteiger partial charge in [-0.25, -0.2) is 8.78 Å².